The molecule has 0 saturated heterocycles. The van der Waals surface area contributed by atoms with Gasteiger partial charge in [-0.25, -0.2) is 18.0 Å². The summed E-state index contributed by atoms with van der Waals surface area (Å²) >= 11 is 0. The Balaban J connectivity index is 1.67. The summed E-state index contributed by atoms with van der Waals surface area (Å²) in [4.78, 5) is 16.3. The number of rotatable bonds is 5. The molecule has 0 aliphatic carbocycles. The van der Waals surface area contributed by atoms with E-state index in [2.05, 4.69) is 4.98 Å². The number of aliphatic carboxylic acids is 1. The quantitative estimate of drug-likeness (QED) is 0.336. The van der Waals surface area contributed by atoms with Gasteiger partial charge in [0.2, 0.25) is 0 Å². The predicted octanol–water partition coefficient (Wildman–Crippen LogP) is 6.22. The number of nitrogens with one attached hydrogen (secondary N) is 1. The van der Waals surface area contributed by atoms with Crippen molar-refractivity contribution in [3.8, 4) is 0 Å². The van der Waals surface area contributed by atoms with Crippen LogP contribution in [-0.4, -0.2) is 27.0 Å². The van der Waals surface area contributed by atoms with Crippen LogP contribution in [0, 0.1) is 17.5 Å². The summed E-state index contributed by atoms with van der Waals surface area (Å²) in [6, 6.07) is 15.3. The fraction of sp³-hybridized carbons (Fsp3) is 0.179. The van der Waals surface area contributed by atoms with Crippen molar-refractivity contribution < 1.29 is 23.1 Å². The maximum atomic E-state index is 15.6. The van der Waals surface area contributed by atoms with E-state index in [9.17, 15) is 9.18 Å². The number of halogens is 3. The number of para-hydroxylation sites is 1. The summed E-state index contributed by atoms with van der Waals surface area (Å²) < 4.78 is 44.6. The van der Waals surface area contributed by atoms with Crippen LogP contribution in [0.4, 0.5) is 13.2 Å². The van der Waals surface area contributed by atoms with Gasteiger partial charge < -0.3 is 10.1 Å². The van der Waals surface area contributed by atoms with Crippen LogP contribution in [-0.2, 0) is 17.8 Å². The largest absolute Gasteiger partial charge is 0.478 e. The molecule has 1 aliphatic heterocycles. The molecule has 7 heteroatoms. The van der Waals surface area contributed by atoms with Crippen molar-refractivity contribution >= 4 is 22.9 Å². The summed E-state index contributed by atoms with van der Waals surface area (Å²) in [5.41, 5.74) is 3.46. The molecule has 2 N–H and O–H groups in total. The van der Waals surface area contributed by atoms with E-state index < -0.39 is 23.6 Å². The minimum atomic E-state index is -1.20. The van der Waals surface area contributed by atoms with Gasteiger partial charge in [0, 0.05) is 40.8 Å². The number of fused-ring (bicyclic) bond motifs is 3. The molecule has 2 heterocycles. The zero-order valence-corrected chi connectivity index (χ0v) is 18.9. The van der Waals surface area contributed by atoms with Crippen LogP contribution in [0.2, 0.25) is 0 Å². The van der Waals surface area contributed by atoms with Crippen molar-refractivity contribution in [1.82, 2.24) is 9.88 Å². The Morgan fingerprint density at radius 3 is 2.46 bits per heavy atom. The van der Waals surface area contributed by atoms with Crippen LogP contribution < -0.4 is 0 Å². The van der Waals surface area contributed by atoms with E-state index in [0.717, 1.165) is 52.0 Å². The molecule has 0 bridgehead atoms. The van der Waals surface area contributed by atoms with Gasteiger partial charge in [0.15, 0.2) is 0 Å². The van der Waals surface area contributed by atoms with Gasteiger partial charge in [-0.15, -0.1) is 0 Å². The Bertz CT molecular complexity index is 1420. The first-order valence-corrected chi connectivity index (χ1v) is 11.3. The first-order valence-electron chi connectivity index (χ1n) is 11.3. The van der Waals surface area contributed by atoms with E-state index in [0.29, 0.717) is 13.0 Å². The Morgan fingerprint density at radius 2 is 1.77 bits per heavy atom. The van der Waals surface area contributed by atoms with Crippen LogP contribution >= 0.6 is 0 Å². The van der Waals surface area contributed by atoms with Crippen molar-refractivity contribution in [2.24, 2.45) is 0 Å². The third kappa shape index (κ3) is 4.35. The first kappa shape index (κ1) is 22.9. The number of hydrogen-bond acceptors (Lipinski definition) is 2. The fourth-order valence-electron chi connectivity index (χ4n) is 4.99. The highest BCUT2D eigenvalue weighted by atomic mass is 19.1. The Morgan fingerprint density at radius 1 is 1.09 bits per heavy atom. The number of carboxylic acid groups (broad SMARTS) is 1. The highest BCUT2D eigenvalue weighted by Gasteiger charge is 2.38. The second-order valence-corrected chi connectivity index (χ2v) is 8.89. The SMILES string of the molecule is C[C@@H]1Cc2c([nH]c3ccccc23)[C@@H](c2c(F)cc(/C=C/C(=O)O)cc2F)N1Cc1ccc(F)cc1. The van der Waals surface area contributed by atoms with Gasteiger partial charge in [-0.1, -0.05) is 30.3 Å². The second-order valence-electron chi connectivity index (χ2n) is 8.89. The highest BCUT2D eigenvalue weighted by molar-refractivity contribution is 5.86. The van der Waals surface area contributed by atoms with E-state index in [-0.39, 0.29) is 23.0 Å². The number of hydrogen-bond donors (Lipinski definition) is 2. The van der Waals surface area contributed by atoms with Crippen LogP contribution in [0.25, 0.3) is 17.0 Å². The van der Waals surface area contributed by atoms with Gasteiger partial charge in [-0.2, -0.15) is 0 Å². The molecule has 0 fully saturated rings. The van der Waals surface area contributed by atoms with E-state index in [1.807, 2.05) is 36.1 Å². The van der Waals surface area contributed by atoms with E-state index in [4.69, 9.17) is 5.11 Å². The first-order chi connectivity index (χ1) is 16.8. The molecular formula is C28H23F3N2O2. The number of nitrogens with zero attached hydrogens (tertiary/aromatic N) is 1. The van der Waals surface area contributed by atoms with Crippen molar-refractivity contribution in [1.29, 1.82) is 0 Å². The van der Waals surface area contributed by atoms with Crippen molar-refractivity contribution in [2.45, 2.75) is 32.0 Å². The van der Waals surface area contributed by atoms with Crippen LogP contribution in [0.5, 0.6) is 0 Å². The minimum Gasteiger partial charge on any atom is -0.478 e. The van der Waals surface area contributed by atoms with E-state index in [1.165, 1.54) is 12.1 Å². The summed E-state index contributed by atoms with van der Waals surface area (Å²) in [5.74, 6) is -3.08. The molecule has 5 rings (SSSR count). The van der Waals surface area contributed by atoms with Gasteiger partial charge in [0.25, 0.3) is 0 Å². The fourth-order valence-corrected chi connectivity index (χ4v) is 4.99. The second kappa shape index (κ2) is 9.07. The summed E-state index contributed by atoms with van der Waals surface area (Å²) in [6.45, 7) is 2.38. The van der Waals surface area contributed by atoms with E-state index >= 15 is 8.78 Å². The van der Waals surface area contributed by atoms with Gasteiger partial charge in [0.05, 0.1) is 6.04 Å². The van der Waals surface area contributed by atoms with Crippen molar-refractivity contribution in [3.05, 3.63) is 112 Å². The van der Waals surface area contributed by atoms with E-state index in [1.54, 1.807) is 12.1 Å². The number of H-pyrrole nitrogens is 1. The minimum absolute atomic E-state index is 0.0675. The van der Waals surface area contributed by atoms with Crippen molar-refractivity contribution in [2.75, 3.05) is 0 Å². The lowest BCUT2D eigenvalue weighted by molar-refractivity contribution is -0.131. The highest BCUT2D eigenvalue weighted by Crippen LogP contribution is 2.43. The lowest BCUT2D eigenvalue weighted by Crippen LogP contribution is -2.42. The van der Waals surface area contributed by atoms with Gasteiger partial charge in [-0.3, -0.25) is 4.90 Å². The smallest absolute Gasteiger partial charge is 0.328 e. The average molecular weight is 476 g/mol. The molecule has 0 radical (unpaired) electrons. The van der Waals surface area contributed by atoms with Gasteiger partial charge >= 0.3 is 5.97 Å². The predicted molar refractivity (Wildman–Crippen MR) is 128 cm³/mol. The third-order valence-corrected chi connectivity index (χ3v) is 6.59. The lowest BCUT2D eigenvalue weighted by Gasteiger charge is -2.41. The summed E-state index contributed by atoms with van der Waals surface area (Å²) in [5, 5.41) is 9.88. The zero-order chi connectivity index (χ0) is 24.7. The molecular weight excluding hydrogens is 453 g/mol. The standard InChI is InChI=1S/C28H23F3N2O2/c1-16-12-21-20-4-2-3-5-24(20)32-27(21)28(33(16)15-17-6-9-19(29)10-7-17)26-22(30)13-18(14-23(26)31)8-11-25(34)35/h2-11,13-14,16,28,32H,12,15H2,1H3,(H,34,35)/b11-8+/t16-,28-/m1/s1. The normalized spacial score (nSPS) is 18.3. The zero-order valence-electron chi connectivity index (χ0n) is 18.9. The Hall–Kier alpha value is -3.84. The number of benzene rings is 3. The molecule has 2 atom stereocenters. The molecule has 4 nitrogen and oxygen atoms in total. The number of carboxylic acids is 1. The molecule has 0 amide bonds. The van der Waals surface area contributed by atoms with Crippen LogP contribution in [0.15, 0.2) is 66.7 Å². The maximum Gasteiger partial charge on any atom is 0.328 e. The van der Waals surface area contributed by atoms with Crippen molar-refractivity contribution in [3.63, 3.8) is 0 Å². The van der Waals surface area contributed by atoms with Gasteiger partial charge in [0.1, 0.15) is 17.5 Å². The van der Waals surface area contributed by atoms with Crippen LogP contribution in [0.1, 0.15) is 40.9 Å². The summed E-state index contributed by atoms with van der Waals surface area (Å²) in [6.07, 6.45) is 2.68. The Kier molecular flexibility index (Phi) is 5.94. The number of carbonyl (C=O) groups is 1. The molecule has 178 valence electrons. The average Bonchev–Trinajstić information content (AvgIpc) is 3.18. The van der Waals surface area contributed by atoms with Gasteiger partial charge in [-0.05, 0) is 66.4 Å². The molecule has 0 saturated carbocycles. The molecule has 0 unspecified atom stereocenters. The molecule has 0 spiro atoms. The maximum absolute atomic E-state index is 15.6. The molecule has 35 heavy (non-hydrogen) atoms. The monoisotopic (exact) mass is 476 g/mol. The Labute approximate surface area is 200 Å². The molecule has 1 aliphatic rings. The van der Waals surface area contributed by atoms with Crippen LogP contribution in [0.3, 0.4) is 0 Å². The number of aromatic amines is 1. The molecule has 4 aromatic rings. The lowest BCUT2D eigenvalue weighted by atomic mass is 9.87. The third-order valence-electron chi connectivity index (χ3n) is 6.59. The molecule has 3 aromatic carbocycles. The molecule has 1 aromatic heterocycles. The number of aromatic nitrogens is 1. The topological polar surface area (TPSA) is 56.3 Å². The summed E-state index contributed by atoms with van der Waals surface area (Å²) in [7, 11) is 0.